The van der Waals surface area contributed by atoms with E-state index in [1.165, 1.54) is 12.1 Å². The van der Waals surface area contributed by atoms with E-state index < -0.39 is 5.97 Å². The lowest BCUT2D eigenvalue weighted by atomic mass is 10.2. The van der Waals surface area contributed by atoms with Gasteiger partial charge in [-0.3, -0.25) is 0 Å². The standard InChI is InChI=1S/C7H8O2.C7H6O2/c1-5-2-3-6(8)7(9)4-5;8-7(9)6-4-2-1-3-5-6/h2-4,8-9H,1H3;1-5H,(H,8,9). The van der Waals surface area contributed by atoms with E-state index >= 15 is 0 Å². The van der Waals surface area contributed by atoms with Crippen LogP contribution in [0.1, 0.15) is 15.9 Å². The molecule has 2 aromatic carbocycles. The molecule has 0 saturated carbocycles. The lowest BCUT2D eigenvalue weighted by Gasteiger charge is -1.95. The molecule has 3 N–H and O–H groups in total. The minimum atomic E-state index is -0.879. The lowest BCUT2D eigenvalue weighted by molar-refractivity contribution is 0.0697. The van der Waals surface area contributed by atoms with Crippen LogP contribution in [-0.2, 0) is 0 Å². The first-order chi connectivity index (χ1) is 8.50. The average Bonchev–Trinajstić information content (AvgIpc) is 2.36. The van der Waals surface area contributed by atoms with Crippen molar-refractivity contribution in [1.29, 1.82) is 0 Å². The first-order valence-electron chi connectivity index (χ1n) is 5.27. The molecule has 2 rings (SSSR count). The zero-order valence-electron chi connectivity index (χ0n) is 9.87. The minimum Gasteiger partial charge on any atom is -0.504 e. The summed E-state index contributed by atoms with van der Waals surface area (Å²) in [5.74, 6) is -1.01. The van der Waals surface area contributed by atoms with Gasteiger partial charge in [0.2, 0.25) is 0 Å². The highest BCUT2D eigenvalue weighted by molar-refractivity contribution is 5.87. The Labute approximate surface area is 105 Å². The molecule has 0 atom stereocenters. The molecule has 0 aliphatic carbocycles. The molecule has 4 heteroatoms. The Balaban J connectivity index is 0.000000180. The smallest absolute Gasteiger partial charge is 0.335 e. The van der Waals surface area contributed by atoms with E-state index in [4.69, 9.17) is 15.3 Å². The first-order valence-corrected chi connectivity index (χ1v) is 5.27. The number of aromatic carboxylic acids is 1. The van der Waals surface area contributed by atoms with Gasteiger partial charge in [-0.25, -0.2) is 4.79 Å². The molecule has 0 aromatic heterocycles. The van der Waals surface area contributed by atoms with E-state index in [1.807, 2.05) is 6.92 Å². The summed E-state index contributed by atoms with van der Waals surface area (Å²) in [6.45, 7) is 1.85. The molecule has 0 aliphatic rings. The van der Waals surface area contributed by atoms with Crippen molar-refractivity contribution in [2.75, 3.05) is 0 Å². The van der Waals surface area contributed by atoms with Gasteiger partial charge in [0.15, 0.2) is 11.5 Å². The van der Waals surface area contributed by atoms with E-state index in [0.29, 0.717) is 5.56 Å². The van der Waals surface area contributed by atoms with Crippen molar-refractivity contribution in [2.45, 2.75) is 6.92 Å². The van der Waals surface area contributed by atoms with Crippen molar-refractivity contribution >= 4 is 5.97 Å². The van der Waals surface area contributed by atoms with E-state index in [0.717, 1.165) is 5.56 Å². The van der Waals surface area contributed by atoms with Crippen LogP contribution < -0.4 is 0 Å². The van der Waals surface area contributed by atoms with Crippen LogP contribution in [0.5, 0.6) is 11.5 Å². The second-order valence-electron chi connectivity index (χ2n) is 3.66. The topological polar surface area (TPSA) is 77.8 Å². The van der Waals surface area contributed by atoms with Crippen LogP contribution in [0.4, 0.5) is 0 Å². The molecule has 94 valence electrons. The van der Waals surface area contributed by atoms with E-state index in [1.54, 1.807) is 36.4 Å². The maximum atomic E-state index is 10.2. The second kappa shape index (κ2) is 6.30. The fraction of sp³-hybridized carbons (Fsp3) is 0.0714. The SMILES string of the molecule is Cc1ccc(O)c(O)c1.O=C(O)c1ccccc1. The third-order valence-electron chi connectivity index (χ3n) is 2.15. The quantitative estimate of drug-likeness (QED) is 0.676. The largest absolute Gasteiger partial charge is 0.504 e. The molecule has 0 radical (unpaired) electrons. The Hall–Kier alpha value is -2.49. The van der Waals surface area contributed by atoms with Gasteiger partial charge in [-0.2, -0.15) is 0 Å². The number of phenols is 2. The summed E-state index contributed by atoms with van der Waals surface area (Å²) in [6, 6.07) is 13.0. The zero-order chi connectivity index (χ0) is 13.5. The molecule has 0 bridgehead atoms. The number of rotatable bonds is 1. The predicted octanol–water partition coefficient (Wildman–Crippen LogP) is 2.79. The summed E-state index contributed by atoms with van der Waals surface area (Å²) in [4.78, 5) is 10.2. The van der Waals surface area contributed by atoms with Crippen molar-refractivity contribution in [1.82, 2.24) is 0 Å². The van der Waals surface area contributed by atoms with E-state index in [9.17, 15) is 4.79 Å². The van der Waals surface area contributed by atoms with Gasteiger partial charge in [-0.1, -0.05) is 24.3 Å². The van der Waals surface area contributed by atoms with Gasteiger partial charge in [0.25, 0.3) is 0 Å². The monoisotopic (exact) mass is 246 g/mol. The van der Waals surface area contributed by atoms with Crippen LogP contribution in [0, 0.1) is 6.92 Å². The molecular formula is C14H14O4. The van der Waals surface area contributed by atoms with Gasteiger partial charge in [0, 0.05) is 0 Å². The van der Waals surface area contributed by atoms with Crippen molar-refractivity contribution in [3.05, 3.63) is 59.7 Å². The van der Waals surface area contributed by atoms with Crippen molar-refractivity contribution in [3.8, 4) is 11.5 Å². The van der Waals surface area contributed by atoms with Crippen LogP contribution in [0.25, 0.3) is 0 Å². The summed E-state index contributed by atoms with van der Waals surface area (Å²) >= 11 is 0. The highest BCUT2D eigenvalue weighted by Gasteiger charge is 1.96. The third kappa shape index (κ3) is 4.17. The number of hydrogen-bond donors (Lipinski definition) is 3. The molecular weight excluding hydrogens is 232 g/mol. The number of aromatic hydroxyl groups is 2. The first kappa shape index (κ1) is 13.6. The maximum absolute atomic E-state index is 10.2. The molecule has 18 heavy (non-hydrogen) atoms. The molecule has 0 unspecified atom stereocenters. The van der Waals surface area contributed by atoms with Gasteiger partial charge >= 0.3 is 5.97 Å². The molecule has 0 aliphatic heterocycles. The van der Waals surface area contributed by atoms with Crippen molar-refractivity contribution in [3.63, 3.8) is 0 Å². The number of carboxylic acids is 1. The number of phenolic OH excluding ortho intramolecular Hbond substituents is 2. The van der Waals surface area contributed by atoms with Crippen LogP contribution in [0.15, 0.2) is 48.5 Å². The van der Waals surface area contributed by atoms with Crippen LogP contribution in [-0.4, -0.2) is 21.3 Å². The summed E-state index contributed by atoms with van der Waals surface area (Å²) in [5.41, 5.74) is 1.27. The number of aryl methyl sites for hydroxylation is 1. The summed E-state index contributed by atoms with van der Waals surface area (Å²) in [6.07, 6.45) is 0. The molecule has 0 heterocycles. The highest BCUT2D eigenvalue weighted by Crippen LogP contribution is 2.23. The fourth-order valence-corrected chi connectivity index (χ4v) is 1.21. The molecule has 0 spiro atoms. The summed E-state index contributed by atoms with van der Waals surface area (Å²) < 4.78 is 0. The summed E-state index contributed by atoms with van der Waals surface area (Å²) in [5, 5.41) is 26.0. The van der Waals surface area contributed by atoms with Crippen molar-refractivity contribution < 1.29 is 20.1 Å². The Kier molecular flexibility index (Phi) is 4.75. The average molecular weight is 246 g/mol. The molecule has 0 fully saturated rings. The van der Waals surface area contributed by atoms with Gasteiger partial charge in [-0.05, 0) is 36.8 Å². The Morgan fingerprint density at radius 2 is 1.56 bits per heavy atom. The fourth-order valence-electron chi connectivity index (χ4n) is 1.21. The van der Waals surface area contributed by atoms with Gasteiger partial charge in [0.1, 0.15) is 0 Å². The van der Waals surface area contributed by atoms with Gasteiger partial charge in [-0.15, -0.1) is 0 Å². The summed E-state index contributed by atoms with van der Waals surface area (Å²) in [7, 11) is 0. The highest BCUT2D eigenvalue weighted by atomic mass is 16.4. The number of carbonyl (C=O) groups is 1. The number of hydrogen-bond acceptors (Lipinski definition) is 3. The number of carboxylic acid groups (broad SMARTS) is 1. The Bertz CT molecular complexity index is 521. The van der Waals surface area contributed by atoms with Gasteiger partial charge < -0.3 is 15.3 Å². The van der Waals surface area contributed by atoms with Crippen LogP contribution in [0.2, 0.25) is 0 Å². The third-order valence-corrected chi connectivity index (χ3v) is 2.15. The molecule has 0 amide bonds. The normalized spacial score (nSPS) is 9.17. The van der Waals surface area contributed by atoms with E-state index in [-0.39, 0.29) is 11.5 Å². The minimum absolute atomic E-state index is 0.0602. The van der Waals surface area contributed by atoms with E-state index in [2.05, 4.69) is 0 Å². The Morgan fingerprint density at radius 1 is 0.944 bits per heavy atom. The molecule has 4 nitrogen and oxygen atoms in total. The molecule has 0 saturated heterocycles. The maximum Gasteiger partial charge on any atom is 0.335 e. The zero-order valence-corrected chi connectivity index (χ0v) is 9.87. The van der Waals surface area contributed by atoms with Crippen LogP contribution in [0.3, 0.4) is 0 Å². The molecule has 2 aromatic rings. The second-order valence-corrected chi connectivity index (χ2v) is 3.66. The predicted molar refractivity (Wildman–Crippen MR) is 67.9 cm³/mol. The Morgan fingerprint density at radius 3 is 1.94 bits per heavy atom. The number of benzene rings is 2. The van der Waals surface area contributed by atoms with Crippen molar-refractivity contribution in [2.24, 2.45) is 0 Å². The van der Waals surface area contributed by atoms with Crippen LogP contribution >= 0.6 is 0 Å². The lowest BCUT2D eigenvalue weighted by Crippen LogP contribution is -1.93. The van der Waals surface area contributed by atoms with Gasteiger partial charge in [0.05, 0.1) is 5.56 Å².